The molecule has 0 aliphatic heterocycles. The van der Waals surface area contributed by atoms with Crippen molar-refractivity contribution in [3.8, 4) is 0 Å². The van der Waals surface area contributed by atoms with E-state index >= 15 is 0 Å². The van der Waals surface area contributed by atoms with Crippen molar-refractivity contribution in [3.63, 3.8) is 0 Å². The molecule has 1 saturated carbocycles. The number of rotatable bonds is 6. The molecule has 3 unspecified atom stereocenters. The van der Waals surface area contributed by atoms with Crippen LogP contribution in [0.15, 0.2) is 0 Å². The van der Waals surface area contributed by atoms with Crippen LogP contribution in [-0.2, 0) is 19.1 Å². The molecule has 0 heterocycles. The van der Waals surface area contributed by atoms with Crippen molar-refractivity contribution in [2.24, 2.45) is 17.8 Å². The van der Waals surface area contributed by atoms with Crippen molar-refractivity contribution in [2.75, 3.05) is 13.2 Å². The Hall–Kier alpha value is -0.740. The van der Waals surface area contributed by atoms with Crippen LogP contribution in [-0.4, -0.2) is 31.1 Å². The molecule has 0 N–H and O–H groups in total. The fourth-order valence-corrected chi connectivity index (χ4v) is 2.74. The van der Waals surface area contributed by atoms with Crippen LogP contribution in [0.1, 0.15) is 40.5 Å². The summed E-state index contributed by atoms with van der Waals surface area (Å²) in [5, 5.41) is 0. The van der Waals surface area contributed by atoms with Gasteiger partial charge in [-0.3, -0.25) is 9.59 Å². The van der Waals surface area contributed by atoms with Crippen molar-refractivity contribution < 1.29 is 19.1 Å². The van der Waals surface area contributed by atoms with E-state index in [0.717, 1.165) is 6.42 Å². The van der Waals surface area contributed by atoms with Gasteiger partial charge in [-0.25, -0.2) is 0 Å². The molecule has 0 saturated heterocycles. The molecule has 0 bridgehead atoms. The van der Waals surface area contributed by atoms with Crippen LogP contribution in [0.3, 0.4) is 0 Å². The van der Waals surface area contributed by atoms with Gasteiger partial charge in [0, 0.05) is 19.6 Å². The molecule has 1 rings (SSSR count). The van der Waals surface area contributed by atoms with E-state index in [0.29, 0.717) is 25.6 Å². The Morgan fingerprint density at radius 3 is 2.28 bits per heavy atom. The second-order valence-electron chi connectivity index (χ2n) is 5.11. The van der Waals surface area contributed by atoms with Crippen LogP contribution in [0.25, 0.3) is 0 Å². The van der Waals surface area contributed by atoms with Crippen LogP contribution in [0.4, 0.5) is 0 Å². The molecule has 0 aromatic carbocycles. The van der Waals surface area contributed by atoms with E-state index in [9.17, 15) is 9.59 Å². The summed E-state index contributed by atoms with van der Waals surface area (Å²) in [7, 11) is 0. The SMILES string of the molecule is CCOC(OCC)C(=O)C1C(=O)CC(C)CC1C. The monoisotopic (exact) mass is 256 g/mol. The summed E-state index contributed by atoms with van der Waals surface area (Å²) >= 11 is 0. The second-order valence-corrected chi connectivity index (χ2v) is 5.11. The highest BCUT2D eigenvalue weighted by molar-refractivity contribution is 6.04. The summed E-state index contributed by atoms with van der Waals surface area (Å²) in [4.78, 5) is 24.4. The molecule has 18 heavy (non-hydrogen) atoms. The Kier molecular flexibility index (Phi) is 5.96. The van der Waals surface area contributed by atoms with Gasteiger partial charge in [0.25, 0.3) is 0 Å². The van der Waals surface area contributed by atoms with Gasteiger partial charge in [-0.2, -0.15) is 0 Å². The van der Waals surface area contributed by atoms with E-state index in [1.54, 1.807) is 0 Å². The molecule has 4 heteroatoms. The zero-order valence-corrected chi connectivity index (χ0v) is 11.8. The first-order valence-electron chi connectivity index (χ1n) is 6.80. The number of hydrogen-bond donors (Lipinski definition) is 0. The molecule has 0 spiro atoms. The van der Waals surface area contributed by atoms with Gasteiger partial charge >= 0.3 is 0 Å². The lowest BCUT2D eigenvalue weighted by molar-refractivity contribution is -0.175. The Morgan fingerprint density at radius 1 is 1.28 bits per heavy atom. The molecule has 1 fully saturated rings. The summed E-state index contributed by atoms with van der Waals surface area (Å²) < 4.78 is 10.6. The maximum absolute atomic E-state index is 12.3. The number of ether oxygens (including phenoxy) is 2. The highest BCUT2D eigenvalue weighted by Crippen LogP contribution is 2.32. The largest absolute Gasteiger partial charge is 0.346 e. The third-order valence-corrected chi connectivity index (χ3v) is 3.41. The van der Waals surface area contributed by atoms with E-state index in [4.69, 9.17) is 9.47 Å². The standard InChI is InChI=1S/C14H24O4/c1-5-17-14(18-6-2)13(16)12-10(4)7-9(3)8-11(12)15/h9-10,12,14H,5-8H2,1-4H3. The first-order chi connectivity index (χ1) is 8.51. The topological polar surface area (TPSA) is 52.6 Å². The molecule has 4 nitrogen and oxygen atoms in total. The van der Waals surface area contributed by atoms with Gasteiger partial charge in [-0.1, -0.05) is 13.8 Å². The summed E-state index contributed by atoms with van der Waals surface area (Å²) in [6, 6.07) is 0. The average Bonchev–Trinajstić information content (AvgIpc) is 2.27. The van der Waals surface area contributed by atoms with Crippen LogP contribution in [0.2, 0.25) is 0 Å². The highest BCUT2D eigenvalue weighted by Gasteiger charge is 2.40. The fraction of sp³-hybridized carbons (Fsp3) is 0.857. The van der Waals surface area contributed by atoms with E-state index in [2.05, 4.69) is 6.92 Å². The fourth-order valence-electron chi connectivity index (χ4n) is 2.74. The third-order valence-electron chi connectivity index (χ3n) is 3.41. The Bertz CT molecular complexity index is 294. The lowest BCUT2D eigenvalue weighted by atomic mass is 9.73. The molecule has 3 atom stereocenters. The Morgan fingerprint density at radius 2 is 1.83 bits per heavy atom. The summed E-state index contributed by atoms with van der Waals surface area (Å²) in [5.74, 6) is -0.269. The van der Waals surface area contributed by atoms with Crippen molar-refractivity contribution in [2.45, 2.75) is 46.8 Å². The number of ketones is 2. The molecule has 0 amide bonds. The number of carbonyl (C=O) groups is 2. The number of Topliss-reactive ketones (excluding diaryl/α,β-unsaturated/α-hetero) is 2. The molecular formula is C14H24O4. The minimum Gasteiger partial charge on any atom is -0.346 e. The maximum atomic E-state index is 12.3. The van der Waals surface area contributed by atoms with Gasteiger partial charge in [0.2, 0.25) is 6.29 Å². The molecule has 104 valence electrons. The van der Waals surface area contributed by atoms with E-state index < -0.39 is 12.2 Å². The van der Waals surface area contributed by atoms with Gasteiger partial charge in [-0.15, -0.1) is 0 Å². The van der Waals surface area contributed by atoms with Crippen molar-refractivity contribution in [3.05, 3.63) is 0 Å². The summed E-state index contributed by atoms with van der Waals surface area (Å²) in [6.45, 7) is 8.45. The number of hydrogen-bond acceptors (Lipinski definition) is 4. The normalized spacial score (nSPS) is 28.7. The predicted molar refractivity (Wildman–Crippen MR) is 68.1 cm³/mol. The van der Waals surface area contributed by atoms with Gasteiger partial charge in [0.15, 0.2) is 5.78 Å². The second kappa shape index (κ2) is 7.00. The van der Waals surface area contributed by atoms with Gasteiger partial charge < -0.3 is 9.47 Å². The highest BCUT2D eigenvalue weighted by atomic mass is 16.7. The molecular weight excluding hydrogens is 232 g/mol. The van der Waals surface area contributed by atoms with E-state index in [-0.39, 0.29) is 17.5 Å². The van der Waals surface area contributed by atoms with Crippen LogP contribution >= 0.6 is 0 Å². The zero-order chi connectivity index (χ0) is 13.7. The minimum absolute atomic E-state index is 0.0376. The summed E-state index contributed by atoms with van der Waals surface area (Å²) in [5.41, 5.74) is 0. The van der Waals surface area contributed by atoms with Crippen molar-refractivity contribution in [1.29, 1.82) is 0 Å². The van der Waals surface area contributed by atoms with Crippen molar-refractivity contribution in [1.82, 2.24) is 0 Å². The number of carbonyl (C=O) groups excluding carboxylic acids is 2. The molecule has 0 aromatic rings. The van der Waals surface area contributed by atoms with E-state index in [1.165, 1.54) is 0 Å². The summed E-state index contributed by atoms with van der Waals surface area (Å²) in [6.07, 6.45) is 0.517. The van der Waals surface area contributed by atoms with Crippen LogP contribution in [0.5, 0.6) is 0 Å². The first kappa shape index (κ1) is 15.3. The van der Waals surface area contributed by atoms with Gasteiger partial charge in [0.05, 0.1) is 5.92 Å². The predicted octanol–water partition coefficient (Wildman–Crippen LogP) is 2.21. The average molecular weight is 256 g/mol. The molecule has 1 aliphatic rings. The zero-order valence-electron chi connectivity index (χ0n) is 11.8. The smallest absolute Gasteiger partial charge is 0.218 e. The van der Waals surface area contributed by atoms with Crippen LogP contribution < -0.4 is 0 Å². The van der Waals surface area contributed by atoms with Crippen molar-refractivity contribution >= 4 is 11.6 Å². The third kappa shape index (κ3) is 3.62. The molecule has 0 radical (unpaired) electrons. The minimum atomic E-state index is -0.884. The lowest BCUT2D eigenvalue weighted by Gasteiger charge is -2.32. The molecule has 0 aromatic heterocycles. The lowest BCUT2D eigenvalue weighted by Crippen LogP contribution is -2.43. The Labute approximate surface area is 109 Å². The first-order valence-corrected chi connectivity index (χ1v) is 6.80. The maximum Gasteiger partial charge on any atom is 0.218 e. The quantitative estimate of drug-likeness (QED) is 0.540. The van der Waals surface area contributed by atoms with E-state index in [1.807, 2.05) is 20.8 Å². The Balaban J connectivity index is 2.76. The van der Waals surface area contributed by atoms with Gasteiger partial charge in [0.1, 0.15) is 5.78 Å². The molecule has 1 aliphatic carbocycles. The van der Waals surface area contributed by atoms with Gasteiger partial charge in [-0.05, 0) is 32.1 Å². The van der Waals surface area contributed by atoms with Crippen LogP contribution in [0, 0.1) is 17.8 Å².